The van der Waals surface area contributed by atoms with E-state index in [2.05, 4.69) is 29.2 Å². The summed E-state index contributed by atoms with van der Waals surface area (Å²) in [5.41, 5.74) is 1.15. The number of nitrogens with zero attached hydrogens (tertiary/aromatic N) is 2. The first-order valence-electron chi connectivity index (χ1n) is 7.50. The first kappa shape index (κ1) is 15.6. The van der Waals surface area contributed by atoms with Gasteiger partial charge in [0.05, 0.1) is 0 Å². The Bertz CT molecular complexity index is 383. The molecule has 2 rings (SSSR count). The van der Waals surface area contributed by atoms with Crippen LogP contribution in [-0.4, -0.2) is 56.6 Å². The van der Waals surface area contributed by atoms with Crippen molar-refractivity contribution >= 4 is 17.3 Å². The van der Waals surface area contributed by atoms with Crippen molar-refractivity contribution in [2.45, 2.75) is 12.8 Å². The molecule has 1 fully saturated rings. The predicted molar refractivity (Wildman–Crippen MR) is 87.7 cm³/mol. The fourth-order valence-corrected chi connectivity index (χ4v) is 2.96. The monoisotopic (exact) mass is 295 g/mol. The second kappa shape index (κ2) is 7.87. The summed E-state index contributed by atoms with van der Waals surface area (Å²) in [7, 11) is 4.34. The van der Waals surface area contributed by atoms with Crippen LogP contribution < -0.4 is 5.32 Å². The van der Waals surface area contributed by atoms with E-state index in [1.54, 1.807) is 0 Å². The number of rotatable bonds is 6. The number of anilines is 1. The fraction of sp³-hybridized carbons (Fsp3) is 0.625. The summed E-state index contributed by atoms with van der Waals surface area (Å²) in [6.07, 6.45) is 2.66. The van der Waals surface area contributed by atoms with E-state index in [1.807, 2.05) is 24.3 Å². The van der Waals surface area contributed by atoms with Crippen LogP contribution in [0.25, 0.3) is 0 Å². The summed E-state index contributed by atoms with van der Waals surface area (Å²) in [6, 6.07) is 7.92. The third-order valence-electron chi connectivity index (χ3n) is 3.93. The molecule has 0 atom stereocenters. The molecule has 1 saturated heterocycles. The topological polar surface area (TPSA) is 18.5 Å². The summed E-state index contributed by atoms with van der Waals surface area (Å²) >= 11 is 5.88. The number of hydrogen-bond donors (Lipinski definition) is 1. The van der Waals surface area contributed by atoms with Gasteiger partial charge in [-0.05, 0) is 70.2 Å². The highest BCUT2D eigenvalue weighted by Gasteiger charge is 2.18. The number of hydrogen-bond acceptors (Lipinski definition) is 3. The van der Waals surface area contributed by atoms with E-state index >= 15 is 0 Å². The molecule has 20 heavy (non-hydrogen) atoms. The van der Waals surface area contributed by atoms with E-state index < -0.39 is 0 Å². The van der Waals surface area contributed by atoms with Crippen molar-refractivity contribution < 1.29 is 0 Å². The van der Waals surface area contributed by atoms with Crippen molar-refractivity contribution in [3.63, 3.8) is 0 Å². The molecule has 0 aliphatic carbocycles. The Hall–Kier alpha value is -0.770. The Morgan fingerprint density at radius 3 is 2.45 bits per heavy atom. The van der Waals surface area contributed by atoms with Gasteiger partial charge in [-0.2, -0.15) is 0 Å². The van der Waals surface area contributed by atoms with E-state index in [4.69, 9.17) is 11.6 Å². The number of nitrogens with one attached hydrogen (secondary N) is 1. The fourth-order valence-electron chi connectivity index (χ4n) is 2.84. The Kier molecular flexibility index (Phi) is 6.14. The van der Waals surface area contributed by atoms with Crippen LogP contribution in [0.2, 0.25) is 5.02 Å². The third-order valence-corrected chi connectivity index (χ3v) is 4.18. The number of halogens is 1. The van der Waals surface area contributed by atoms with Gasteiger partial charge in [0, 0.05) is 30.3 Å². The molecule has 0 radical (unpaired) electrons. The molecule has 1 aromatic carbocycles. The molecule has 0 saturated carbocycles. The van der Waals surface area contributed by atoms with Crippen molar-refractivity contribution in [3.05, 3.63) is 29.3 Å². The lowest BCUT2D eigenvalue weighted by atomic mass is 9.96. The van der Waals surface area contributed by atoms with Crippen LogP contribution in [0.4, 0.5) is 5.69 Å². The van der Waals surface area contributed by atoms with Crippen molar-refractivity contribution in [2.75, 3.05) is 52.1 Å². The van der Waals surface area contributed by atoms with Gasteiger partial charge in [0.25, 0.3) is 0 Å². The van der Waals surface area contributed by atoms with Gasteiger partial charge in [0.15, 0.2) is 0 Å². The zero-order valence-corrected chi connectivity index (χ0v) is 13.4. The van der Waals surface area contributed by atoms with Crippen LogP contribution in [0.1, 0.15) is 12.8 Å². The molecular formula is C16H26ClN3. The lowest BCUT2D eigenvalue weighted by Gasteiger charge is -2.33. The number of likely N-dealkylation sites (tertiary alicyclic amines) is 1. The Labute approximate surface area is 127 Å². The molecule has 3 nitrogen and oxygen atoms in total. The highest BCUT2D eigenvalue weighted by atomic mass is 35.5. The normalized spacial score (nSPS) is 17.6. The summed E-state index contributed by atoms with van der Waals surface area (Å²) in [5.74, 6) is 0.880. The first-order chi connectivity index (χ1) is 9.63. The minimum atomic E-state index is 0.790. The molecular weight excluding hydrogens is 270 g/mol. The standard InChI is InChI=1S/C16H26ClN3/c1-19(2)13-14-7-10-20(11-8-14)12-9-18-16-5-3-15(17)4-6-16/h3-6,14,18H,7-13H2,1-2H3. The summed E-state index contributed by atoms with van der Waals surface area (Å²) in [4.78, 5) is 4.87. The maximum absolute atomic E-state index is 5.88. The molecule has 4 heteroatoms. The van der Waals surface area contributed by atoms with Crippen LogP contribution in [0.5, 0.6) is 0 Å². The molecule has 0 bridgehead atoms. The molecule has 1 aliphatic heterocycles. The zero-order valence-electron chi connectivity index (χ0n) is 12.6. The quantitative estimate of drug-likeness (QED) is 0.870. The Morgan fingerprint density at radius 2 is 1.85 bits per heavy atom. The van der Waals surface area contributed by atoms with Gasteiger partial charge in [-0.3, -0.25) is 0 Å². The average molecular weight is 296 g/mol. The average Bonchev–Trinajstić information content (AvgIpc) is 2.42. The van der Waals surface area contributed by atoms with Gasteiger partial charge < -0.3 is 15.1 Å². The Morgan fingerprint density at radius 1 is 1.20 bits per heavy atom. The highest BCUT2D eigenvalue weighted by molar-refractivity contribution is 6.30. The molecule has 0 aromatic heterocycles. The third kappa shape index (κ3) is 5.31. The molecule has 112 valence electrons. The zero-order chi connectivity index (χ0) is 14.4. The predicted octanol–water partition coefficient (Wildman–Crippen LogP) is 3.03. The molecule has 0 spiro atoms. The molecule has 1 heterocycles. The van der Waals surface area contributed by atoms with Gasteiger partial charge >= 0.3 is 0 Å². The molecule has 0 unspecified atom stereocenters. The summed E-state index contributed by atoms with van der Waals surface area (Å²) < 4.78 is 0. The van der Waals surface area contributed by atoms with Gasteiger partial charge in [-0.1, -0.05) is 11.6 Å². The van der Waals surface area contributed by atoms with Crippen LogP contribution >= 0.6 is 11.6 Å². The van der Waals surface area contributed by atoms with Crippen LogP contribution in [-0.2, 0) is 0 Å². The van der Waals surface area contributed by atoms with Crippen LogP contribution in [0.15, 0.2) is 24.3 Å². The van der Waals surface area contributed by atoms with Gasteiger partial charge in [0.2, 0.25) is 0 Å². The van der Waals surface area contributed by atoms with Crippen molar-refractivity contribution in [3.8, 4) is 0 Å². The second-order valence-corrected chi connectivity index (χ2v) is 6.42. The first-order valence-corrected chi connectivity index (χ1v) is 7.88. The smallest absolute Gasteiger partial charge is 0.0407 e. The maximum Gasteiger partial charge on any atom is 0.0407 e. The Balaban J connectivity index is 1.62. The van der Waals surface area contributed by atoms with E-state index in [9.17, 15) is 0 Å². The van der Waals surface area contributed by atoms with Crippen molar-refractivity contribution in [1.29, 1.82) is 0 Å². The molecule has 0 amide bonds. The van der Waals surface area contributed by atoms with E-state index in [0.29, 0.717) is 0 Å². The van der Waals surface area contributed by atoms with Gasteiger partial charge in [0.1, 0.15) is 0 Å². The summed E-state index contributed by atoms with van der Waals surface area (Å²) in [5, 5.41) is 4.24. The minimum Gasteiger partial charge on any atom is -0.384 e. The number of piperidine rings is 1. The molecule has 1 aliphatic rings. The van der Waals surface area contributed by atoms with Crippen molar-refractivity contribution in [2.24, 2.45) is 5.92 Å². The lowest BCUT2D eigenvalue weighted by Crippen LogP contribution is -2.39. The van der Waals surface area contributed by atoms with Gasteiger partial charge in [-0.15, -0.1) is 0 Å². The highest BCUT2D eigenvalue weighted by Crippen LogP contribution is 2.17. The van der Waals surface area contributed by atoms with Crippen LogP contribution in [0.3, 0.4) is 0 Å². The number of benzene rings is 1. The van der Waals surface area contributed by atoms with Crippen LogP contribution in [0, 0.1) is 5.92 Å². The van der Waals surface area contributed by atoms with Crippen molar-refractivity contribution in [1.82, 2.24) is 9.80 Å². The molecule has 1 aromatic rings. The van der Waals surface area contributed by atoms with E-state index in [1.165, 1.54) is 32.5 Å². The summed E-state index contributed by atoms with van der Waals surface area (Å²) in [6.45, 7) is 5.83. The SMILES string of the molecule is CN(C)CC1CCN(CCNc2ccc(Cl)cc2)CC1. The van der Waals surface area contributed by atoms with Gasteiger partial charge in [-0.25, -0.2) is 0 Å². The lowest BCUT2D eigenvalue weighted by molar-refractivity contribution is 0.167. The van der Waals surface area contributed by atoms with E-state index in [-0.39, 0.29) is 0 Å². The molecule has 1 N–H and O–H groups in total. The minimum absolute atomic E-state index is 0.790. The largest absolute Gasteiger partial charge is 0.384 e. The second-order valence-electron chi connectivity index (χ2n) is 5.98. The van der Waals surface area contributed by atoms with E-state index in [0.717, 1.165) is 29.7 Å². The maximum atomic E-state index is 5.88.